The first kappa shape index (κ1) is 13.9. The van der Waals surface area contributed by atoms with Gasteiger partial charge in [0.2, 0.25) is 19.5 Å². The monoisotopic (exact) mass is 336 g/mol. The minimum Gasteiger partial charge on any atom is -0.454 e. The molecule has 1 atom stereocenters. The third-order valence-electron chi connectivity index (χ3n) is 4.44. The summed E-state index contributed by atoms with van der Waals surface area (Å²) >= 11 is 0. The Morgan fingerprint density at radius 2 is 1.56 bits per heavy atom. The van der Waals surface area contributed by atoms with Gasteiger partial charge in [-0.05, 0) is 23.8 Å². The van der Waals surface area contributed by atoms with Crippen LogP contribution in [0.5, 0.6) is 28.7 Å². The molecule has 5 rings (SSSR count). The zero-order chi connectivity index (χ0) is 17.0. The average molecular weight is 336 g/mol. The van der Waals surface area contributed by atoms with Crippen molar-refractivity contribution in [3.8, 4) is 34.8 Å². The maximum Gasteiger partial charge on any atom is 0.231 e. The van der Waals surface area contributed by atoms with E-state index in [2.05, 4.69) is 6.07 Å². The van der Waals surface area contributed by atoms with E-state index in [4.69, 9.17) is 29.4 Å². The van der Waals surface area contributed by atoms with Crippen molar-refractivity contribution in [2.45, 2.75) is 5.92 Å². The molecule has 0 fully saturated rings. The van der Waals surface area contributed by atoms with Gasteiger partial charge in [-0.1, -0.05) is 6.07 Å². The molecule has 2 aromatic carbocycles. The Bertz CT molecular complexity index is 976. The van der Waals surface area contributed by atoms with Crippen LogP contribution in [0, 0.1) is 11.3 Å². The highest BCUT2D eigenvalue weighted by molar-refractivity contribution is 5.62. The number of ether oxygens (including phenoxy) is 5. The molecule has 0 bridgehead atoms. The van der Waals surface area contributed by atoms with Gasteiger partial charge in [-0.2, -0.15) is 5.26 Å². The Morgan fingerprint density at radius 1 is 0.880 bits per heavy atom. The first-order valence-electron chi connectivity index (χ1n) is 7.65. The average Bonchev–Trinajstić information content (AvgIpc) is 3.26. The van der Waals surface area contributed by atoms with Gasteiger partial charge in [0.15, 0.2) is 23.0 Å². The number of rotatable bonds is 1. The summed E-state index contributed by atoms with van der Waals surface area (Å²) in [5.74, 6) is 2.76. The Balaban J connectivity index is 1.70. The standard InChI is InChI=1S/C18H12N2O5/c19-6-11-17(9-1-2-12-14(3-9)22-7-21-12)10-4-15-16(24-8-23-15)5-13(10)25-18(11)20/h1-5,17H,7-8,20H2/t17-/m1/s1. The number of allylic oxidation sites excluding steroid dienone is 1. The van der Waals surface area contributed by atoms with Crippen LogP contribution < -0.4 is 29.4 Å². The minimum absolute atomic E-state index is 0.0801. The Hall–Kier alpha value is -3.53. The Morgan fingerprint density at radius 3 is 2.32 bits per heavy atom. The lowest BCUT2D eigenvalue weighted by Gasteiger charge is -2.26. The maximum absolute atomic E-state index is 9.63. The smallest absolute Gasteiger partial charge is 0.231 e. The Labute approximate surface area is 142 Å². The molecule has 0 spiro atoms. The van der Waals surface area contributed by atoms with Crippen LogP contribution in [-0.4, -0.2) is 13.6 Å². The predicted molar refractivity (Wildman–Crippen MR) is 84.4 cm³/mol. The second-order valence-electron chi connectivity index (χ2n) is 5.78. The van der Waals surface area contributed by atoms with Crippen LogP contribution in [0.15, 0.2) is 41.8 Å². The molecular formula is C18H12N2O5. The number of nitriles is 1. The zero-order valence-corrected chi connectivity index (χ0v) is 12.9. The number of hydrogen-bond donors (Lipinski definition) is 1. The Kier molecular flexibility index (Phi) is 2.76. The number of nitrogens with zero attached hydrogens (tertiary/aromatic N) is 1. The van der Waals surface area contributed by atoms with Gasteiger partial charge in [-0.3, -0.25) is 0 Å². The maximum atomic E-state index is 9.63. The second-order valence-corrected chi connectivity index (χ2v) is 5.78. The number of benzene rings is 2. The summed E-state index contributed by atoms with van der Waals surface area (Å²) in [4.78, 5) is 0. The third-order valence-corrected chi connectivity index (χ3v) is 4.44. The van der Waals surface area contributed by atoms with E-state index in [1.807, 2.05) is 24.3 Å². The van der Waals surface area contributed by atoms with Crippen LogP contribution in [0.25, 0.3) is 0 Å². The van der Waals surface area contributed by atoms with E-state index >= 15 is 0 Å². The van der Waals surface area contributed by atoms with Crippen molar-refractivity contribution >= 4 is 0 Å². The first-order valence-corrected chi connectivity index (χ1v) is 7.65. The van der Waals surface area contributed by atoms with E-state index < -0.39 is 5.92 Å². The molecule has 0 amide bonds. The summed E-state index contributed by atoms with van der Waals surface area (Å²) in [6.45, 7) is 0.339. The molecular weight excluding hydrogens is 324 g/mol. The molecule has 2 N–H and O–H groups in total. The summed E-state index contributed by atoms with van der Waals surface area (Å²) in [6.07, 6.45) is 0. The van der Waals surface area contributed by atoms with Gasteiger partial charge < -0.3 is 29.4 Å². The van der Waals surface area contributed by atoms with Gasteiger partial charge in [0.05, 0.1) is 5.92 Å². The molecule has 3 aliphatic heterocycles. The molecule has 0 aliphatic carbocycles. The third kappa shape index (κ3) is 1.97. The SMILES string of the molecule is N#CC1=C(N)Oc2cc3c(cc2[C@H]1c1ccc2c(c1)OCO2)OCO3. The fraction of sp³-hybridized carbons (Fsp3) is 0.167. The van der Waals surface area contributed by atoms with Crippen LogP contribution >= 0.6 is 0 Å². The number of fused-ring (bicyclic) bond motifs is 3. The van der Waals surface area contributed by atoms with Crippen LogP contribution in [0.4, 0.5) is 0 Å². The molecule has 0 saturated carbocycles. The van der Waals surface area contributed by atoms with Gasteiger partial charge in [0.25, 0.3) is 0 Å². The van der Waals surface area contributed by atoms with Crippen molar-refractivity contribution in [3.05, 3.63) is 52.9 Å². The van der Waals surface area contributed by atoms with Gasteiger partial charge in [0, 0.05) is 11.6 Å². The van der Waals surface area contributed by atoms with Crippen molar-refractivity contribution in [1.29, 1.82) is 5.26 Å². The van der Waals surface area contributed by atoms with E-state index in [1.54, 1.807) is 6.07 Å². The minimum atomic E-state index is -0.391. The van der Waals surface area contributed by atoms with Crippen LogP contribution in [-0.2, 0) is 0 Å². The van der Waals surface area contributed by atoms with E-state index in [0.717, 1.165) is 11.1 Å². The quantitative estimate of drug-likeness (QED) is 0.854. The highest BCUT2D eigenvalue weighted by Crippen LogP contribution is 2.49. The molecule has 0 saturated heterocycles. The van der Waals surface area contributed by atoms with Crippen molar-refractivity contribution in [3.63, 3.8) is 0 Å². The van der Waals surface area contributed by atoms with Gasteiger partial charge in [-0.25, -0.2) is 0 Å². The normalized spacial score (nSPS) is 19.2. The number of hydrogen-bond acceptors (Lipinski definition) is 7. The summed E-state index contributed by atoms with van der Waals surface area (Å²) in [7, 11) is 0. The lowest BCUT2D eigenvalue weighted by atomic mass is 9.83. The molecule has 124 valence electrons. The second kappa shape index (κ2) is 4.98. The summed E-state index contributed by atoms with van der Waals surface area (Å²) in [6, 6.07) is 11.3. The highest BCUT2D eigenvalue weighted by atomic mass is 16.7. The molecule has 0 aromatic heterocycles. The van der Waals surface area contributed by atoms with Gasteiger partial charge >= 0.3 is 0 Å². The molecule has 7 nitrogen and oxygen atoms in total. The molecule has 3 heterocycles. The fourth-order valence-electron chi connectivity index (χ4n) is 3.28. The van der Waals surface area contributed by atoms with E-state index in [-0.39, 0.29) is 19.5 Å². The molecule has 3 aliphatic rings. The molecule has 2 aromatic rings. The number of nitrogens with two attached hydrogens (primary N) is 1. The van der Waals surface area contributed by atoms with E-state index in [0.29, 0.717) is 34.3 Å². The molecule has 0 radical (unpaired) electrons. The van der Waals surface area contributed by atoms with Crippen molar-refractivity contribution < 1.29 is 23.7 Å². The van der Waals surface area contributed by atoms with Crippen molar-refractivity contribution in [2.75, 3.05) is 13.6 Å². The topological polar surface area (TPSA) is 96.0 Å². The zero-order valence-electron chi connectivity index (χ0n) is 12.9. The summed E-state index contributed by atoms with van der Waals surface area (Å²) in [5.41, 5.74) is 7.98. The van der Waals surface area contributed by atoms with Crippen LogP contribution in [0.3, 0.4) is 0 Å². The molecule has 25 heavy (non-hydrogen) atoms. The predicted octanol–water partition coefficient (Wildman–Crippen LogP) is 2.36. The van der Waals surface area contributed by atoms with Gasteiger partial charge in [0.1, 0.15) is 17.4 Å². The van der Waals surface area contributed by atoms with Crippen LogP contribution in [0.1, 0.15) is 17.0 Å². The fourth-order valence-corrected chi connectivity index (χ4v) is 3.28. The summed E-state index contributed by atoms with van der Waals surface area (Å²) in [5, 5.41) is 9.63. The van der Waals surface area contributed by atoms with Gasteiger partial charge in [-0.15, -0.1) is 0 Å². The van der Waals surface area contributed by atoms with Crippen molar-refractivity contribution in [2.24, 2.45) is 5.73 Å². The lowest BCUT2D eigenvalue weighted by molar-refractivity contribution is 0.173. The van der Waals surface area contributed by atoms with Crippen molar-refractivity contribution in [1.82, 2.24) is 0 Å². The first-order chi connectivity index (χ1) is 12.2. The molecule has 7 heteroatoms. The molecule has 0 unspecified atom stereocenters. The largest absolute Gasteiger partial charge is 0.454 e. The summed E-state index contributed by atoms with van der Waals surface area (Å²) < 4.78 is 27.3. The lowest BCUT2D eigenvalue weighted by Crippen LogP contribution is -2.21. The highest BCUT2D eigenvalue weighted by Gasteiger charge is 2.34. The van der Waals surface area contributed by atoms with Crippen LogP contribution in [0.2, 0.25) is 0 Å². The van der Waals surface area contributed by atoms with E-state index in [1.165, 1.54) is 0 Å². The van der Waals surface area contributed by atoms with E-state index in [9.17, 15) is 5.26 Å².